The Kier molecular flexibility index (Phi) is 5.43. The van der Waals surface area contributed by atoms with E-state index in [-0.39, 0.29) is 22.4 Å². The Morgan fingerprint density at radius 3 is 1.84 bits per heavy atom. The van der Waals surface area contributed by atoms with Crippen LogP contribution in [-0.4, -0.2) is 32.1 Å². The molecule has 25 heavy (non-hydrogen) atoms. The average molecular weight is 349 g/mol. The molecule has 0 fully saturated rings. The van der Waals surface area contributed by atoms with Gasteiger partial charge in [-0.15, -0.1) is 0 Å². The van der Waals surface area contributed by atoms with Gasteiger partial charge in [-0.3, -0.25) is 4.79 Å². The molecule has 0 saturated carbocycles. The van der Waals surface area contributed by atoms with E-state index in [4.69, 9.17) is 0 Å². The van der Waals surface area contributed by atoms with Crippen molar-refractivity contribution in [1.29, 1.82) is 0 Å². The van der Waals surface area contributed by atoms with Gasteiger partial charge < -0.3 is 14.8 Å². The van der Waals surface area contributed by atoms with Gasteiger partial charge >= 0.3 is 11.9 Å². The third-order valence-corrected chi connectivity index (χ3v) is 3.21. The van der Waals surface area contributed by atoms with Crippen LogP contribution in [0.1, 0.15) is 31.1 Å². The zero-order valence-corrected chi connectivity index (χ0v) is 13.3. The summed E-state index contributed by atoms with van der Waals surface area (Å²) in [6.45, 7) is 0. The van der Waals surface area contributed by atoms with Gasteiger partial charge in [0.15, 0.2) is 11.6 Å². The lowest BCUT2D eigenvalue weighted by Crippen LogP contribution is -2.14. The fourth-order valence-corrected chi connectivity index (χ4v) is 2.01. The highest BCUT2D eigenvalue weighted by atomic mass is 19.2. The molecule has 0 spiro atoms. The predicted octanol–water partition coefficient (Wildman–Crippen LogP) is 2.79. The molecule has 130 valence electrons. The maximum absolute atomic E-state index is 13.2. The summed E-state index contributed by atoms with van der Waals surface area (Å²) < 4.78 is 35.3. The van der Waals surface area contributed by atoms with Crippen LogP contribution in [0.2, 0.25) is 0 Å². The highest BCUT2D eigenvalue weighted by molar-refractivity contribution is 6.06. The molecule has 2 aromatic carbocycles. The lowest BCUT2D eigenvalue weighted by Gasteiger charge is -2.10. The van der Waals surface area contributed by atoms with Crippen LogP contribution >= 0.6 is 0 Å². The predicted molar refractivity (Wildman–Crippen MR) is 83.4 cm³/mol. The minimum absolute atomic E-state index is 0.00554. The number of ether oxygens (including phenoxy) is 2. The first-order valence-electron chi connectivity index (χ1n) is 6.94. The Bertz CT molecular complexity index is 817. The number of hydrogen-bond acceptors (Lipinski definition) is 5. The monoisotopic (exact) mass is 349 g/mol. The molecule has 0 aliphatic rings. The molecular weight excluding hydrogens is 336 g/mol. The minimum atomic E-state index is -1.17. The summed E-state index contributed by atoms with van der Waals surface area (Å²) in [6.07, 6.45) is 0. The van der Waals surface area contributed by atoms with E-state index >= 15 is 0 Å². The molecule has 0 saturated heterocycles. The number of amides is 1. The van der Waals surface area contributed by atoms with Crippen molar-refractivity contribution in [2.24, 2.45) is 0 Å². The number of carbonyl (C=O) groups is 3. The Labute approximate surface area is 141 Å². The van der Waals surface area contributed by atoms with Gasteiger partial charge in [-0.25, -0.2) is 18.4 Å². The van der Waals surface area contributed by atoms with Crippen LogP contribution in [0.3, 0.4) is 0 Å². The Morgan fingerprint density at radius 1 is 0.800 bits per heavy atom. The third kappa shape index (κ3) is 4.17. The highest BCUT2D eigenvalue weighted by Gasteiger charge is 2.16. The topological polar surface area (TPSA) is 81.7 Å². The Morgan fingerprint density at radius 2 is 1.36 bits per heavy atom. The van der Waals surface area contributed by atoms with E-state index in [0.717, 1.165) is 32.4 Å². The van der Waals surface area contributed by atoms with Crippen molar-refractivity contribution < 1.29 is 32.6 Å². The fourth-order valence-electron chi connectivity index (χ4n) is 2.01. The molecule has 1 N–H and O–H groups in total. The van der Waals surface area contributed by atoms with E-state index in [0.29, 0.717) is 0 Å². The minimum Gasteiger partial charge on any atom is -0.465 e. The molecule has 8 heteroatoms. The van der Waals surface area contributed by atoms with E-state index in [9.17, 15) is 23.2 Å². The number of nitrogens with one attached hydrogen (secondary N) is 1. The second kappa shape index (κ2) is 7.52. The Balaban J connectivity index is 2.36. The van der Waals surface area contributed by atoms with Crippen LogP contribution < -0.4 is 5.32 Å². The van der Waals surface area contributed by atoms with E-state index in [1.54, 1.807) is 0 Å². The smallest absolute Gasteiger partial charge is 0.337 e. The van der Waals surface area contributed by atoms with Crippen molar-refractivity contribution in [3.63, 3.8) is 0 Å². The van der Waals surface area contributed by atoms with Crippen molar-refractivity contribution in [2.45, 2.75) is 0 Å². The van der Waals surface area contributed by atoms with Crippen molar-refractivity contribution >= 4 is 23.5 Å². The normalized spacial score (nSPS) is 10.1. The van der Waals surface area contributed by atoms with Crippen molar-refractivity contribution in [3.8, 4) is 0 Å². The number of benzene rings is 2. The molecule has 0 heterocycles. The lowest BCUT2D eigenvalue weighted by molar-refractivity contribution is 0.0599. The molecule has 0 aromatic heterocycles. The molecule has 0 unspecified atom stereocenters. The summed E-state index contributed by atoms with van der Waals surface area (Å²) in [7, 11) is 2.32. The lowest BCUT2D eigenvalue weighted by atomic mass is 10.1. The molecule has 0 aliphatic heterocycles. The van der Waals surface area contributed by atoms with Gasteiger partial charge in [-0.1, -0.05) is 0 Å². The van der Waals surface area contributed by atoms with Crippen LogP contribution in [0, 0.1) is 11.6 Å². The first-order chi connectivity index (χ1) is 11.8. The number of halogens is 2. The molecule has 0 atom stereocenters. The van der Waals surface area contributed by atoms with Crippen LogP contribution in [0.25, 0.3) is 0 Å². The number of methoxy groups -OCH3 is 2. The summed E-state index contributed by atoms with van der Waals surface area (Å²) in [5.74, 6) is -4.47. The summed E-state index contributed by atoms with van der Waals surface area (Å²) in [4.78, 5) is 35.5. The van der Waals surface area contributed by atoms with E-state index in [1.807, 2.05) is 0 Å². The van der Waals surface area contributed by atoms with E-state index in [1.165, 1.54) is 18.2 Å². The molecule has 0 bridgehead atoms. The SMILES string of the molecule is COC(=O)c1cc(NC(=O)c2ccc(F)c(F)c2)cc(C(=O)OC)c1. The van der Waals surface area contributed by atoms with Gasteiger partial charge in [0.25, 0.3) is 5.91 Å². The highest BCUT2D eigenvalue weighted by Crippen LogP contribution is 2.18. The second-order valence-corrected chi connectivity index (χ2v) is 4.87. The fraction of sp³-hybridized carbons (Fsp3) is 0.118. The first-order valence-corrected chi connectivity index (χ1v) is 6.94. The number of hydrogen-bond donors (Lipinski definition) is 1. The number of rotatable bonds is 4. The Hall–Kier alpha value is -3.29. The van der Waals surface area contributed by atoms with Crippen molar-refractivity contribution in [2.75, 3.05) is 19.5 Å². The average Bonchev–Trinajstić information content (AvgIpc) is 2.62. The largest absolute Gasteiger partial charge is 0.465 e. The molecule has 2 rings (SSSR count). The second-order valence-electron chi connectivity index (χ2n) is 4.87. The van der Waals surface area contributed by atoms with E-state index in [2.05, 4.69) is 14.8 Å². The van der Waals surface area contributed by atoms with Crippen molar-refractivity contribution in [3.05, 3.63) is 64.7 Å². The van der Waals surface area contributed by atoms with Gasteiger partial charge in [0.05, 0.1) is 25.3 Å². The zero-order valence-electron chi connectivity index (χ0n) is 13.3. The molecular formula is C17H13F2NO5. The molecule has 2 aromatic rings. The maximum Gasteiger partial charge on any atom is 0.337 e. The van der Waals surface area contributed by atoms with Crippen molar-refractivity contribution in [1.82, 2.24) is 0 Å². The third-order valence-electron chi connectivity index (χ3n) is 3.21. The van der Waals surface area contributed by atoms with Crippen LogP contribution in [0.5, 0.6) is 0 Å². The van der Waals surface area contributed by atoms with Crippen LogP contribution in [0.4, 0.5) is 14.5 Å². The molecule has 1 amide bonds. The first kappa shape index (κ1) is 18.1. The maximum atomic E-state index is 13.2. The number of carbonyl (C=O) groups excluding carboxylic acids is 3. The molecule has 0 radical (unpaired) electrons. The van der Waals surface area contributed by atoms with Gasteiger partial charge in [0.2, 0.25) is 0 Å². The number of esters is 2. The molecule has 0 aliphatic carbocycles. The van der Waals surface area contributed by atoms with Crippen LogP contribution in [0.15, 0.2) is 36.4 Å². The zero-order chi connectivity index (χ0) is 18.6. The van der Waals surface area contributed by atoms with E-state index < -0.39 is 29.5 Å². The summed E-state index contributed by atoms with van der Waals surface area (Å²) in [6, 6.07) is 6.43. The standard InChI is InChI=1S/C17H13F2NO5/c1-24-16(22)10-5-11(17(23)25-2)7-12(6-10)20-15(21)9-3-4-13(18)14(19)8-9/h3-8H,1-2H3,(H,20,21). The van der Waals surface area contributed by atoms with Gasteiger partial charge in [-0.05, 0) is 36.4 Å². The quantitative estimate of drug-likeness (QED) is 0.859. The number of anilines is 1. The van der Waals surface area contributed by atoms with Gasteiger partial charge in [-0.2, -0.15) is 0 Å². The summed E-state index contributed by atoms with van der Waals surface area (Å²) in [5.41, 5.74) is -0.0444. The summed E-state index contributed by atoms with van der Waals surface area (Å²) >= 11 is 0. The summed E-state index contributed by atoms with van der Waals surface area (Å²) in [5, 5.41) is 2.40. The molecule has 6 nitrogen and oxygen atoms in total. The van der Waals surface area contributed by atoms with Gasteiger partial charge in [0.1, 0.15) is 0 Å². The van der Waals surface area contributed by atoms with Gasteiger partial charge in [0, 0.05) is 11.3 Å². The van der Waals surface area contributed by atoms with Crippen LogP contribution in [-0.2, 0) is 9.47 Å².